The topological polar surface area (TPSA) is 55.5 Å². The number of carbonyl (C=O) groups is 1. The highest BCUT2D eigenvalue weighted by Crippen LogP contribution is 2.36. The molecule has 2 aromatic rings. The minimum Gasteiger partial charge on any atom is -0.379 e. The van der Waals surface area contributed by atoms with Crippen molar-refractivity contribution in [1.29, 1.82) is 0 Å². The van der Waals surface area contributed by atoms with Crippen LogP contribution >= 0.6 is 39.3 Å². The lowest BCUT2D eigenvalue weighted by molar-refractivity contribution is 0.0993. The number of aliphatic imine (C=N–C) groups is 1. The fourth-order valence-electron chi connectivity index (χ4n) is 2.88. The molecular formula is C19H18BrClN2OS. The number of ketones is 1. The summed E-state index contributed by atoms with van der Waals surface area (Å²) < 4.78 is 0.952. The van der Waals surface area contributed by atoms with Crippen LogP contribution in [0.15, 0.2) is 51.9 Å². The first kappa shape index (κ1) is 18.5. The van der Waals surface area contributed by atoms with E-state index in [1.807, 2.05) is 42.5 Å². The lowest BCUT2D eigenvalue weighted by Gasteiger charge is -2.30. The molecule has 0 saturated heterocycles. The highest BCUT2D eigenvalue weighted by Gasteiger charge is 2.30. The second-order valence-corrected chi connectivity index (χ2v) is 8.74. The van der Waals surface area contributed by atoms with Crippen molar-refractivity contribution in [3.05, 3.63) is 68.7 Å². The monoisotopic (exact) mass is 436 g/mol. The molecule has 0 fully saturated rings. The zero-order valence-corrected chi connectivity index (χ0v) is 16.9. The molecule has 1 aliphatic heterocycles. The second-order valence-electron chi connectivity index (χ2n) is 6.28. The van der Waals surface area contributed by atoms with Crippen molar-refractivity contribution in [2.24, 2.45) is 10.7 Å². The van der Waals surface area contributed by atoms with Gasteiger partial charge in [0, 0.05) is 27.2 Å². The van der Waals surface area contributed by atoms with E-state index in [4.69, 9.17) is 17.3 Å². The number of benzene rings is 2. The number of nitrogens with zero attached hydrogens (tertiary/aromatic N) is 1. The Hall–Kier alpha value is -1.30. The van der Waals surface area contributed by atoms with E-state index in [-0.39, 0.29) is 5.78 Å². The van der Waals surface area contributed by atoms with Crippen LogP contribution in [0.2, 0.25) is 5.02 Å². The van der Waals surface area contributed by atoms with Crippen LogP contribution in [0, 0.1) is 0 Å². The molecule has 0 spiro atoms. The summed E-state index contributed by atoms with van der Waals surface area (Å²) in [4.78, 5) is 17.2. The number of thioether (sulfide) groups is 1. The van der Waals surface area contributed by atoms with E-state index in [2.05, 4.69) is 27.8 Å². The fraction of sp³-hybridized carbons (Fsp3) is 0.263. The van der Waals surface area contributed by atoms with E-state index in [0.29, 0.717) is 22.2 Å². The van der Waals surface area contributed by atoms with E-state index < -0.39 is 5.54 Å². The number of rotatable bonds is 4. The van der Waals surface area contributed by atoms with Crippen LogP contribution in [-0.2, 0) is 12.0 Å². The lowest BCUT2D eigenvalue weighted by Crippen LogP contribution is -2.28. The van der Waals surface area contributed by atoms with Gasteiger partial charge in [-0.15, -0.1) is 0 Å². The van der Waals surface area contributed by atoms with Gasteiger partial charge >= 0.3 is 0 Å². The summed E-state index contributed by atoms with van der Waals surface area (Å²) in [7, 11) is 0. The standard InChI is InChI=1S/C19H18BrClN2OS/c1-19(6-7-25-18(22)23-19)14-8-12(9-16(21)11-14)10-17(24)13-2-4-15(20)5-3-13/h2-5,8-9,11H,6-7,10H2,1H3,(H2,22,23). The van der Waals surface area contributed by atoms with Gasteiger partial charge in [-0.1, -0.05) is 57.5 Å². The second kappa shape index (κ2) is 7.52. The molecule has 0 amide bonds. The zero-order valence-electron chi connectivity index (χ0n) is 13.8. The third-order valence-electron chi connectivity index (χ3n) is 4.31. The summed E-state index contributed by atoms with van der Waals surface area (Å²) in [5.41, 5.74) is 8.10. The van der Waals surface area contributed by atoms with Crippen molar-refractivity contribution in [1.82, 2.24) is 0 Å². The Morgan fingerprint density at radius 3 is 2.72 bits per heavy atom. The summed E-state index contributed by atoms with van der Waals surface area (Å²) in [6, 6.07) is 13.2. The van der Waals surface area contributed by atoms with E-state index >= 15 is 0 Å². The molecule has 3 nitrogen and oxygen atoms in total. The highest BCUT2D eigenvalue weighted by atomic mass is 79.9. The Balaban J connectivity index is 1.88. The number of hydrogen-bond acceptors (Lipinski definition) is 4. The summed E-state index contributed by atoms with van der Waals surface area (Å²) in [5.74, 6) is 0.985. The maximum atomic E-state index is 12.5. The van der Waals surface area contributed by atoms with Crippen molar-refractivity contribution in [2.45, 2.75) is 25.3 Å². The maximum absolute atomic E-state index is 12.5. The van der Waals surface area contributed by atoms with Crippen LogP contribution in [-0.4, -0.2) is 16.7 Å². The Morgan fingerprint density at radius 2 is 2.04 bits per heavy atom. The lowest BCUT2D eigenvalue weighted by atomic mass is 9.88. The van der Waals surface area contributed by atoms with Crippen LogP contribution in [0.4, 0.5) is 0 Å². The zero-order chi connectivity index (χ0) is 18.0. The quantitative estimate of drug-likeness (QED) is 0.669. The number of hydrogen-bond donors (Lipinski definition) is 1. The molecule has 130 valence electrons. The molecule has 3 rings (SSSR count). The molecule has 0 radical (unpaired) electrons. The van der Waals surface area contributed by atoms with Gasteiger partial charge in [-0.05, 0) is 48.7 Å². The minimum absolute atomic E-state index is 0.0630. The average molecular weight is 438 g/mol. The molecule has 2 aromatic carbocycles. The Bertz CT molecular complexity index is 838. The van der Waals surface area contributed by atoms with Gasteiger partial charge in [0.25, 0.3) is 0 Å². The predicted molar refractivity (Wildman–Crippen MR) is 110 cm³/mol. The van der Waals surface area contributed by atoms with Crippen LogP contribution in [0.3, 0.4) is 0 Å². The molecule has 1 aliphatic rings. The largest absolute Gasteiger partial charge is 0.379 e. The number of halogens is 2. The molecule has 0 aliphatic carbocycles. The van der Waals surface area contributed by atoms with Crippen LogP contribution in [0.25, 0.3) is 0 Å². The summed E-state index contributed by atoms with van der Waals surface area (Å²) in [5, 5.41) is 1.21. The number of Topliss-reactive ketones (excluding diaryl/α,β-unsaturated/α-hetero) is 1. The van der Waals surface area contributed by atoms with Crippen molar-refractivity contribution in [3.8, 4) is 0 Å². The summed E-state index contributed by atoms with van der Waals surface area (Å²) >= 11 is 11.3. The van der Waals surface area contributed by atoms with E-state index in [0.717, 1.165) is 27.8 Å². The third kappa shape index (κ3) is 4.46. The number of carbonyl (C=O) groups excluding carboxylic acids is 1. The molecule has 2 N–H and O–H groups in total. The van der Waals surface area contributed by atoms with Gasteiger partial charge < -0.3 is 5.73 Å². The van der Waals surface area contributed by atoms with E-state index in [1.54, 1.807) is 11.8 Å². The van der Waals surface area contributed by atoms with Gasteiger partial charge in [0.05, 0.1) is 5.54 Å². The predicted octanol–water partition coefficient (Wildman–Crippen LogP) is 5.19. The molecule has 0 aromatic heterocycles. The van der Waals surface area contributed by atoms with Crippen molar-refractivity contribution < 1.29 is 4.79 Å². The van der Waals surface area contributed by atoms with Gasteiger partial charge in [-0.25, -0.2) is 0 Å². The molecule has 0 bridgehead atoms. The van der Waals surface area contributed by atoms with E-state index in [9.17, 15) is 4.79 Å². The summed E-state index contributed by atoms with van der Waals surface area (Å²) in [6.45, 7) is 2.06. The fourth-order valence-corrected chi connectivity index (χ4v) is 4.38. The molecule has 25 heavy (non-hydrogen) atoms. The van der Waals surface area contributed by atoms with Crippen LogP contribution in [0.5, 0.6) is 0 Å². The summed E-state index contributed by atoms with van der Waals surface area (Å²) in [6.07, 6.45) is 1.19. The van der Waals surface area contributed by atoms with Crippen molar-refractivity contribution in [3.63, 3.8) is 0 Å². The van der Waals surface area contributed by atoms with Gasteiger partial charge in [-0.2, -0.15) is 0 Å². The Morgan fingerprint density at radius 1 is 1.32 bits per heavy atom. The normalized spacial score (nSPS) is 20.2. The van der Waals surface area contributed by atoms with Crippen LogP contribution < -0.4 is 5.73 Å². The number of nitrogens with two attached hydrogens (primary N) is 1. The van der Waals surface area contributed by atoms with Gasteiger partial charge in [0.15, 0.2) is 11.0 Å². The van der Waals surface area contributed by atoms with E-state index in [1.165, 1.54) is 0 Å². The Labute approximate surface area is 165 Å². The van der Waals surface area contributed by atoms with Crippen molar-refractivity contribution >= 4 is 50.2 Å². The molecular weight excluding hydrogens is 420 g/mol. The maximum Gasteiger partial charge on any atom is 0.167 e. The molecule has 1 heterocycles. The van der Waals surface area contributed by atoms with Crippen molar-refractivity contribution in [2.75, 3.05) is 5.75 Å². The first-order valence-electron chi connectivity index (χ1n) is 7.92. The first-order valence-corrected chi connectivity index (χ1v) is 10.1. The molecule has 6 heteroatoms. The average Bonchev–Trinajstić information content (AvgIpc) is 2.54. The minimum atomic E-state index is -0.393. The molecule has 0 saturated carbocycles. The highest BCUT2D eigenvalue weighted by molar-refractivity contribution is 9.10. The third-order valence-corrected chi connectivity index (χ3v) is 5.85. The Kier molecular flexibility index (Phi) is 5.56. The molecule has 1 unspecified atom stereocenters. The number of amidine groups is 1. The SMILES string of the molecule is CC1(c2cc(Cl)cc(CC(=O)c3ccc(Br)cc3)c2)CCSC(N)=N1. The first-order chi connectivity index (χ1) is 11.9. The molecule has 1 atom stereocenters. The smallest absolute Gasteiger partial charge is 0.167 e. The van der Waals surface area contributed by atoms with Gasteiger partial charge in [-0.3, -0.25) is 9.79 Å². The van der Waals surface area contributed by atoms with Gasteiger partial charge in [0.1, 0.15) is 0 Å². The van der Waals surface area contributed by atoms with Gasteiger partial charge in [0.2, 0.25) is 0 Å². The van der Waals surface area contributed by atoms with Crippen LogP contribution in [0.1, 0.15) is 34.8 Å².